The lowest BCUT2D eigenvalue weighted by Gasteiger charge is -2.11. The number of fused-ring (bicyclic) bond motifs is 2. The highest BCUT2D eigenvalue weighted by atomic mass is 35.5. The summed E-state index contributed by atoms with van der Waals surface area (Å²) in [6.45, 7) is 1.57. The number of hydrogen-bond acceptors (Lipinski definition) is 30. The molecule has 3 N–H and O–H groups in total. The highest BCUT2D eigenvalue weighted by Crippen LogP contribution is 2.43. The maximum Gasteiger partial charge on any atom is 0.347 e. The average Bonchev–Trinajstić information content (AvgIpc) is 1.33. The van der Waals surface area contributed by atoms with Gasteiger partial charge in [-0.1, -0.05) is 58.5 Å². The SMILES string of the molecule is COC(=O)c1cc(C2CC2)ccc1NC(=O)c1ccc(-n2ccnc2)nn1.COC(=O)c1cc(Cl)c(Cl)cc1NC(=O)c1ccc(-n2ccnc2)nn1.COC(=O)c1ccc(C2CC2)cc1NC(=O)c1ccc(-n2ccnc2)nn1.Cc1cc2c(=O)oc(-c3ccc(-n4ccnc4)nn3)nc2cc1F.O=c1oc(-c2ccc(-n3ccnc3)nn2)nc2cc(Cl)c(Cl)cc12. The molecule has 0 radical (unpaired) electrons. The van der Waals surface area contributed by atoms with E-state index in [1.807, 2.05) is 18.2 Å². The highest BCUT2D eigenvalue weighted by Gasteiger charge is 2.29. The number of ether oxygens (including phenoxy) is 3. The van der Waals surface area contributed by atoms with Crippen LogP contribution in [0.4, 0.5) is 21.5 Å². The van der Waals surface area contributed by atoms with Gasteiger partial charge in [0.2, 0.25) is 0 Å². The van der Waals surface area contributed by atoms with Crippen molar-refractivity contribution in [3.63, 3.8) is 0 Å². The van der Waals surface area contributed by atoms with Crippen LogP contribution < -0.4 is 27.2 Å². The van der Waals surface area contributed by atoms with Crippen molar-refractivity contribution in [1.82, 2.24) is 109 Å². The number of imidazole rings is 5. The third-order valence-corrected chi connectivity index (χ3v) is 20.5. The van der Waals surface area contributed by atoms with Gasteiger partial charge in [0.25, 0.3) is 29.5 Å². The lowest BCUT2D eigenvalue weighted by atomic mass is 10.0. The van der Waals surface area contributed by atoms with Gasteiger partial charge in [-0.15, -0.1) is 51.0 Å². The fraction of sp³-hybridized carbons (Fsp3) is 0.118. The number of rotatable bonds is 18. The fourth-order valence-corrected chi connectivity index (χ4v) is 12.7. The van der Waals surface area contributed by atoms with E-state index in [0.717, 1.165) is 36.8 Å². The Kier molecular flexibility index (Phi) is 26.5. The Morgan fingerprint density at radius 1 is 0.383 bits per heavy atom. The molecule has 12 heterocycles. The Balaban J connectivity index is 0.000000123. The molecule has 640 valence electrons. The first-order chi connectivity index (χ1) is 62.0. The van der Waals surface area contributed by atoms with E-state index in [1.165, 1.54) is 63.8 Å². The number of benzene rings is 5. The molecule has 12 aromatic heterocycles. The molecule has 2 saturated carbocycles. The van der Waals surface area contributed by atoms with E-state index >= 15 is 0 Å². The van der Waals surface area contributed by atoms with E-state index in [4.69, 9.17) is 64.7 Å². The summed E-state index contributed by atoms with van der Waals surface area (Å²) in [4.78, 5) is 126. The van der Waals surface area contributed by atoms with Crippen LogP contribution >= 0.6 is 46.4 Å². The number of anilines is 3. The number of amides is 3. The minimum absolute atomic E-state index is 0.0135. The largest absolute Gasteiger partial charge is 0.465 e. The second-order valence-corrected chi connectivity index (χ2v) is 29.2. The molecule has 2 fully saturated rings. The van der Waals surface area contributed by atoms with Crippen LogP contribution in [0.5, 0.6) is 0 Å². The van der Waals surface area contributed by atoms with Crippen molar-refractivity contribution in [2.45, 2.75) is 44.4 Å². The molecule has 2 aliphatic carbocycles. The van der Waals surface area contributed by atoms with Gasteiger partial charge in [-0.05, 0) is 176 Å². The number of halogens is 5. The monoisotopic (exact) mass is 1800 g/mol. The number of methoxy groups -OCH3 is 3. The summed E-state index contributed by atoms with van der Waals surface area (Å²) in [5.41, 5.74) is 4.53. The van der Waals surface area contributed by atoms with Crippen LogP contribution in [0.25, 0.3) is 74.1 Å². The van der Waals surface area contributed by atoms with Crippen molar-refractivity contribution in [1.29, 1.82) is 0 Å². The molecule has 3 amide bonds. The molecule has 43 heteroatoms. The van der Waals surface area contributed by atoms with Gasteiger partial charge in [0.15, 0.2) is 46.2 Å². The second kappa shape index (κ2) is 39.1. The molecular formula is C85H62Cl4FN25O13. The van der Waals surface area contributed by atoms with Gasteiger partial charge in [-0.3, -0.25) is 37.2 Å². The van der Waals surface area contributed by atoms with Gasteiger partial charge in [0.05, 0.1) is 97.0 Å². The zero-order valence-corrected chi connectivity index (χ0v) is 69.9. The van der Waals surface area contributed by atoms with Crippen LogP contribution in [0.15, 0.2) is 245 Å². The number of carbonyl (C=O) groups is 6. The number of esters is 3. The normalized spacial score (nSPS) is 11.9. The summed E-state index contributed by atoms with van der Waals surface area (Å²) < 4.78 is 46.8. The molecule has 5 aromatic carbocycles. The molecule has 2 aliphatic rings. The molecule has 0 spiro atoms. The first-order valence-corrected chi connectivity index (χ1v) is 39.5. The van der Waals surface area contributed by atoms with Gasteiger partial charge in [0.1, 0.15) is 48.8 Å². The Hall–Kier alpha value is -16.3. The average molecular weight is 1800 g/mol. The summed E-state index contributed by atoms with van der Waals surface area (Å²) in [7, 11) is 3.85. The quantitative estimate of drug-likeness (QED) is 0.0530. The van der Waals surface area contributed by atoms with Crippen molar-refractivity contribution >= 4 is 121 Å². The lowest BCUT2D eigenvalue weighted by molar-refractivity contribution is 0.0592. The number of aromatic nitrogens is 22. The van der Waals surface area contributed by atoms with E-state index in [-0.39, 0.29) is 77.2 Å². The Morgan fingerprint density at radius 3 is 1.12 bits per heavy atom. The first-order valence-electron chi connectivity index (χ1n) is 38.0. The second-order valence-electron chi connectivity index (χ2n) is 27.6. The van der Waals surface area contributed by atoms with Gasteiger partial charge in [0, 0.05) is 68.0 Å². The zero-order chi connectivity index (χ0) is 89.6. The Labute approximate surface area is 739 Å². The molecule has 38 nitrogen and oxygen atoms in total. The molecule has 0 atom stereocenters. The van der Waals surface area contributed by atoms with Crippen LogP contribution in [-0.4, -0.2) is 166 Å². The standard InChI is InChI=1S/2C19H17N5O3.C16H11Cl2N5O3.C16H10FN5O2.C15H7Cl2N5O2/c1-27-19(26)14-10-13(12-2-3-12)4-5-15(14)21-18(25)16-6-7-17(23-22-16)24-9-8-20-11-24;1-27-19(26)14-5-4-13(12-2-3-12)10-16(14)21-18(25)15-6-7-17(23-22-15)24-9-8-20-11-24;1-26-16(25)9-6-10(17)11(18)7-13(9)20-15(24)12-2-3-14(22-21-12)23-5-4-19-8-23;1-9-6-10-13(7-11(9)17)19-15(24-16(10)23)12-2-3-14(21-20-12)22-5-4-18-8-22;16-9-5-8-12(6-10(9)17)19-14(24-15(8)23)11-1-2-13(21-20-11)22-4-3-18-7-22/h2*4-12H,2-3H2,1H3,(H,21,25);2-8H,1H3,(H,20,24);2-8H,1H3;1-7H. The van der Waals surface area contributed by atoms with Crippen molar-refractivity contribution in [3.8, 4) is 52.3 Å². The van der Waals surface area contributed by atoms with E-state index in [1.54, 1.807) is 196 Å². The number of nitrogens with zero attached hydrogens (tertiary/aromatic N) is 22. The summed E-state index contributed by atoms with van der Waals surface area (Å²) in [6, 6.07) is 35.3. The van der Waals surface area contributed by atoms with E-state index in [0.29, 0.717) is 85.2 Å². The summed E-state index contributed by atoms with van der Waals surface area (Å²) in [5, 5.41) is 49.4. The van der Waals surface area contributed by atoms with Gasteiger partial charge in [-0.2, -0.15) is 0 Å². The molecule has 17 aromatic rings. The molecule has 0 bridgehead atoms. The molecule has 128 heavy (non-hydrogen) atoms. The molecule has 19 rings (SSSR count). The predicted molar refractivity (Wildman–Crippen MR) is 460 cm³/mol. The maximum atomic E-state index is 13.7. The fourth-order valence-electron chi connectivity index (χ4n) is 12.1. The third-order valence-electron chi connectivity index (χ3n) is 19.0. The zero-order valence-electron chi connectivity index (χ0n) is 66.9. The van der Waals surface area contributed by atoms with E-state index in [2.05, 4.69) is 107 Å². The van der Waals surface area contributed by atoms with Crippen LogP contribution in [0.3, 0.4) is 0 Å². The minimum atomic E-state index is -0.666. The number of hydrogen-bond donors (Lipinski definition) is 3. The molecule has 0 saturated heterocycles. The maximum absolute atomic E-state index is 13.7. The number of carbonyl (C=O) groups excluding carboxylic acids is 6. The van der Waals surface area contributed by atoms with E-state index < -0.39 is 52.7 Å². The summed E-state index contributed by atoms with van der Waals surface area (Å²) >= 11 is 23.8. The van der Waals surface area contributed by atoms with Gasteiger partial charge in [-0.25, -0.2) is 63.3 Å². The molecule has 0 aliphatic heterocycles. The lowest BCUT2D eigenvalue weighted by Crippen LogP contribution is -2.17. The van der Waals surface area contributed by atoms with Crippen LogP contribution in [0.2, 0.25) is 20.1 Å². The van der Waals surface area contributed by atoms with Crippen molar-refractivity contribution in [2.24, 2.45) is 0 Å². The number of aryl methyl sites for hydroxylation is 1. The van der Waals surface area contributed by atoms with Crippen LogP contribution in [0.1, 0.15) is 117 Å². The Morgan fingerprint density at radius 2 is 0.734 bits per heavy atom. The number of nitrogens with one attached hydrogen (secondary N) is 3. The predicted octanol–water partition coefficient (Wildman–Crippen LogP) is 13.6. The molecular weight excluding hydrogens is 1740 g/mol. The highest BCUT2D eigenvalue weighted by molar-refractivity contribution is 6.43. The minimum Gasteiger partial charge on any atom is -0.465 e. The first kappa shape index (κ1) is 86.7. The summed E-state index contributed by atoms with van der Waals surface area (Å²) in [5.74, 6) is 0.177. The Bertz CT molecular complexity index is 6880. The van der Waals surface area contributed by atoms with Crippen molar-refractivity contribution in [3.05, 3.63) is 324 Å². The van der Waals surface area contributed by atoms with Gasteiger partial charge < -0.3 is 39.0 Å². The van der Waals surface area contributed by atoms with Crippen molar-refractivity contribution < 1.29 is 56.2 Å². The third kappa shape index (κ3) is 20.6. The van der Waals surface area contributed by atoms with Crippen LogP contribution in [0, 0.1) is 12.7 Å². The van der Waals surface area contributed by atoms with Crippen molar-refractivity contribution in [2.75, 3.05) is 37.3 Å². The van der Waals surface area contributed by atoms with Gasteiger partial charge >= 0.3 is 29.2 Å². The summed E-state index contributed by atoms with van der Waals surface area (Å²) in [6.07, 6.45) is 29.1. The van der Waals surface area contributed by atoms with Crippen LogP contribution in [-0.2, 0) is 14.2 Å². The smallest absolute Gasteiger partial charge is 0.347 e. The van der Waals surface area contributed by atoms with E-state index in [9.17, 15) is 42.7 Å². The topological polar surface area (TPSA) is 470 Å². The molecule has 0 unspecified atom stereocenters.